The van der Waals surface area contributed by atoms with Crippen LogP contribution in [0.25, 0.3) is 21.6 Å². The number of fused-ring (bicyclic) bond motifs is 1. The van der Waals surface area contributed by atoms with Crippen LogP contribution in [0.5, 0.6) is 0 Å². The molecular weight excluding hydrogens is 368 g/mol. The number of aromatic nitrogens is 3. The zero-order chi connectivity index (χ0) is 20.0. The van der Waals surface area contributed by atoms with Crippen molar-refractivity contribution in [3.8, 4) is 10.6 Å². The Bertz CT molecular complexity index is 1170. The van der Waals surface area contributed by atoms with E-state index in [9.17, 15) is 4.79 Å². The van der Waals surface area contributed by atoms with Crippen LogP contribution in [0.1, 0.15) is 27.2 Å². The van der Waals surface area contributed by atoms with E-state index in [-0.39, 0.29) is 5.91 Å². The molecule has 3 aromatic heterocycles. The second-order valence-corrected chi connectivity index (χ2v) is 8.10. The maximum atomic E-state index is 13.5. The van der Waals surface area contributed by atoms with E-state index in [1.54, 1.807) is 20.9 Å². The monoisotopic (exact) mass is 390 g/mol. The van der Waals surface area contributed by atoms with E-state index in [1.165, 1.54) is 0 Å². The minimum absolute atomic E-state index is 0.0636. The summed E-state index contributed by atoms with van der Waals surface area (Å²) in [4.78, 5) is 21.1. The first-order valence-electron chi connectivity index (χ1n) is 9.09. The second-order valence-electron chi connectivity index (χ2n) is 7.15. The predicted molar refractivity (Wildman–Crippen MR) is 115 cm³/mol. The molecule has 0 spiro atoms. The number of amides is 1. The fourth-order valence-corrected chi connectivity index (χ4v) is 4.29. The summed E-state index contributed by atoms with van der Waals surface area (Å²) < 4.78 is 1.75. The molecule has 0 bridgehead atoms. The number of carbonyl (C=O) groups is 1. The van der Waals surface area contributed by atoms with E-state index in [0.29, 0.717) is 5.56 Å². The molecule has 6 heteroatoms. The third-order valence-electron chi connectivity index (χ3n) is 4.87. The summed E-state index contributed by atoms with van der Waals surface area (Å²) in [5.41, 5.74) is 6.09. The highest BCUT2D eigenvalue weighted by Gasteiger charge is 2.23. The minimum atomic E-state index is -0.0636. The number of thiophene rings is 1. The van der Waals surface area contributed by atoms with Crippen molar-refractivity contribution in [1.82, 2.24) is 14.8 Å². The number of pyridine rings is 1. The van der Waals surface area contributed by atoms with Crippen LogP contribution in [0.2, 0.25) is 0 Å². The fraction of sp³-hybridized carbons (Fsp3) is 0.227. The molecule has 0 radical (unpaired) electrons. The molecule has 3 heterocycles. The predicted octanol–water partition coefficient (Wildman–Crippen LogP) is 4.90. The Morgan fingerprint density at radius 3 is 2.46 bits per heavy atom. The molecular formula is C22H22N4OS. The molecule has 142 valence electrons. The summed E-state index contributed by atoms with van der Waals surface area (Å²) in [7, 11) is 3.68. The van der Waals surface area contributed by atoms with Crippen molar-refractivity contribution < 1.29 is 4.79 Å². The summed E-state index contributed by atoms with van der Waals surface area (Å²) in [6.07, 6.45) is 0. The molecule has 0 aliphatic rings. The molecule has 28 heavy (non-hydrogen) atoms. The number of hydrogen-bond acceptors (Lipinski definition) is 4. The van der Waals surface area contributed by atoms with Gasteiger partial charge in [-0.15, -0.1) is 11.3 Å². The highest BCUT2D eigenvalue weighted by atomic mass is 32.1. The van der Waals surface area contributed by atoms with E-state index < -0.39 is 0 Å². The molecule has 0 saturated carbocycles. The van der Waals surface area contributed by atoms with Crippen LogP contribution in [0.15, 0.2) is 41.8 Å². The first-order valence-corrected chi connectivity index (χ1v) is 9.97. The lowest BCUT2D eigenvalue weighted by Crippen LogP contribution is -2.26. The Hall–Kier alpha value is -2.99. The smallest absolute Gasteiger partial charge is 0.258 e. The second kappa shape index (κ2) is 6.87. The van der Waals surface area contributed by atoms with Crippen molar-refractivity contribution in [1.29, 1.82) is 0 Å². The molecule has 4 aromatic rings. The largest absolute Gasteiger partial charge is 0.311 e. The Morgan fingerprint density at radius 2 is 1.82 bits per heavy atom. The molecule has 0 atom stereocenters. The van der Waals surface area contributed by atoms with Crippen LogP contribution in [-0.4, -0.2) is 27.7 Å². The zero-order valence-electron chi connectivity index (χ0n) is 16.6. The first-order chi connectivity index (χ1) is 13.3. The van der Waals surface area contributed by atoms with Gasteiger partial charge in [0, 0.05) is 19.8 Å². The summed E-state index contributed by atoms with van der Waals surface area (Å²) in [6, 6.07) is 12.1. The normalized spacial score (nSPS) is 11.2. The molecule has 0 fully saturated rings. The van der Waals surface area contributed by atoms with Crippen molar-refractivity contribution in [2.75, 3.05) is 11.9 Å². The Balaban J connectivity index is 1.90. The van der Waals surface area contributed by atoms with E-state index in [4.69, 9.17) is 4.98 Å². The van der Waals surface area contributed by atoms with Gasteiger partial charge in [0.25, 0.3) is 5.91 Å². The molecule has 0 N–H and O–H groups in total. The van der Waals surface area contributed by atoms with Gasteiger partial charge in [0.15, 0.2) is 5.65 Å². The SMILES string of the molecule is Cc1cc(C)cc(N(C)C(=O)c2cc(-c3cccs3)nc3c2c(C)nn3C)c1. The number of rotatable bonds is 3. The topological polar surface area (TPSA) is 51.0 Å². The van der Waals surface area contributed by atoms with Crippen LogP contribution >= 0.6 is 11.3 Å². The molecule has 5 nitrogen and oxygen atoms in total. The average molecular weight is 391 g/mol. The maximum Gasteiger partial charge on any atom is 0.258 e. The van der Waals surface area contributed by atoms with Crippen molar-refractivity contribution in [3.63, 3.8) is 0 Å². The fourth-order valence-electron chi connectivity index (χ4n) is 3.61. The number of aryl methyl sites for hydroxylation is 4. The van der Waals surface area contributed by atoms with Crippen molar-refractivity contribution in [3.05, 3.63) is 64.2 Å². The van der Waals surface area contributed by atoms with Gasteiger partial charge < -0.3 is 4.90 Å². The Morgan fingerprint density at radius 1 is 1.11 bits per heavy atom. The number of anilines is 1. The minimum Gasteiger partial charge on any atom is -0.311 e. The number of hydrogen-bond donors (Lipinski definition) is 0. The molecule has 4 rings (SSSR count). The van der Waals surface area contributed by atoms with Gasteiger partial charge >= 0.3 is 0 Å². The van der Waals surface area contributed by atoms with Gasteiger partial charge in [-0.25, -0.2) is 4.98 Å². The highest BCUT2D eigenvalue weighted by molar-refractivity contribution is 7.13. The van der Waals surface area contributed by atoms with E-state index in [1.807, 2.05) is 70.6 Å². The molecule has 0 unspecified atom stereocenters. The molecule has 1 aromatic carbocycles. The molecule has 0 aliphatic carbocycles. The Labute approximate surface area is 168 Å². The lowest BCUT2D eigenvalue weighted by Gasteiger charge is -2.19. The van der Waals surface area contributed by atoms with Crippen LogP contribution in [0, 0.1) is 20.8 Å². The average Bonchev–Trinajstić information content (AvgIpc) is 3.28. The molecule has 1 amide bonds. The van der Waals surface area contributed by atoms with Crippen LogP contribution in [0.4, 0.5) is 5.69 Å². The first kappa shape index (κ1) is 18.4. The highest BCUT2D eigenvalue weighted by Crippen LogP contribution is 2.31. The van der Waals surface area contributed by atoms with Gasteiger partial charge in [0.2, 0.25) is 0 Å². The van der Waals surface area contributed by atoms with Crippen molar-refractivity contribution >= 4 is 34.0 Å². The third kappa shape index (κ3) is 3.10. The summed E-state index contributed by atoms with van der Waals surface area (Å²) >= 11 is 1.61. The third-order valence-corrected chi connectivity index (χ3v) is 5.76. The molecule has 0 saturated heterocycles. The van der Waals surface area contributed by atoms with Crippen molar-refractivity contribution in [2.24, 2.45) is 7.05 Å². The van der Waals surface area contributed by atoms with Crippen molar-refractivity contribution in [2.45, 2.75) is 20.8 Å². The summed E-state index contributed by atoms with van der Waals surface area (Å²) in [5, 5.41) is 7.32. The summed E-state index contributed by atoms with van der Waals surface area (Å²) in [5.74, 6) is -0.0636. The van der Waals surface area contributed by atoms with Gasteiger partial charge in [-0.05, 0) is 61.5 Å². The van der Waals surface area contributed by atoms with Gasteiger partial charge in [-0.1, -0.05) is 12.1 Å². The van der Waals surface area contributed by atoms with Gasteiger partial charge in [0.05, 0.1) is 27.2 Å². The zero-order valence-corrected chi connectivity index (χ0v) is 17.5. The summed E-state index contributed by atoms with van der Waals surface area (Å²) in [6.45, 7) is 6.00. The number of nitrogens with zero attached hydrogens (tertiary/aromatic N) is 4. The van der Waals surface area contributed by atoms with Crippen LogP contribution in [0.3, 0.4) is 0 Å². The maximum absolute atomic E-state index is 13.5. The van der Waals surface area contributed by atoms with Crippen LogP contribution in [-0.2, 0) is 7.05 Å². The standard InChI is InChI=1S/C22H22N4OS/c1-13-9-14(2)11-16(10-13)25(4)22(27)17-12-18(19-7-6-8-28-19)23-21-20(17)15(3)24-26(21)5/h6-12H,1-5H3. The lowest BCUT2D eigenvalue weighted by molar-refractivity contribution is 0.0994. The number of carbonyl (C=O) groups excluding carboxylic acids is 1. The van der Waals surface area contributed by atoms with E-state index in [0.717, 1.165) is 44.1 Å². The number of benzene rings is 1. The van der Waals surface area contributed by atoms with Gasteiger partial charge in [-0.3, -0.25) is 9.48 Å². The van der Waals surface area contributed by atoms with E-state index in [2.05, 4.69) is 11.2 Å². The Kier molecular flexibility index (Phi) is 4.51. The van der Waals surface area contributed by atoms with E-state index >= 15 is 0 Å². The quantitative estimate of drug-likeness (QED) is 0.500. The molecule has 0 aliphatic heterocycles. The lowest BCUT2D eigenvalue weighted by atomic mass is 10.1. The van der Waals surface area contributed by atoms with Crippen LogP contribution < -0.4 is 4.90 Å². The van der Waals surface area contributed by atoms with Gasteiger partial charge in [-0.2, -0.15) is 5.10 Å². The van der Waals surface area contributed by atoms with Gasteiger partial charge in [0.1, 0.15) is 0 Å².